The topological polar surface area (TPSA) is 105 Å². The van der Waals surface area contributed by atoms with Gasteiger partial charge >= 0.3 is 0 Å². The van der Waals surface area contributed by atoms with E-state index in [4.69, 9.17) is 9.47 Å². The molecule has 0 spiro atoms. The van der Waals surface area contributed by atoms with Gasteiger partial charge in [-0.3, -0.25) is 29.4 Å². The van der Waals surface area contributed by atoms with Crippen molar-refractivity contribution in [3.63, 3.8) is 0 Å². The molecule has 9 nitrogen and oxygen atoms in total. The van der Waals surface area contributed by atoms with Gasteiger partial charge in [-0.2, -0.15) is 0 Å². The third-order valence-corrected chi connectivity index (χ3v) is 12.4. The lowest BCUT2D eigenvalue weighted by molar-refractivity contribution is -0.136. The quantitative estimate of drug-likeness (QED) is 0.0465. The highest BCUT2D eigenvalue weighted by molar-refractivity contribution is 6.23. The van der Waals surface area contributed by atoms with Crippen molar-refractivity contribution in [2.75, 3.05) is 26.2 Å². The molecule has 3 aromatic rings. The van der Waals surface area contributed by atoms with Gasteiger partial charge in [-0.1, -0.05) is 88.6 Å². The predicted molar refractivity (Wildman–Crippen MR) is 249 cm³/mol. The molecule has 0 radical (unpaired) electrons. The molecule has 1 N–H and O–H groups in total. The zero-order chi connectivity index (χ0) is 44.3. The Morgan fingerprint density at radius 2 is 1.61 bits per heavy atom. The van der Waals surface area contributed by atoms with Gasteiger partial charge in [-0.05, 0) is 153 Å². The van der Waals surface area contributed by atoms with Gasteiger partial charge in [0, 0.05) is 25.9 Å². The van der Waals surface area contributed by atoms with Crippen LogP contribution in [0.15, 0.2) is 91.7 Å². The third-order valence-electron chi connectivity index (χ3n) is 12.4. The van der Waals surface area contributed by atoms with Crippen LogP contribution in [0.3, 0.4) is 0 Å². The monoisotopic (exact) mass is 839 g/mol. The first-order valence-electron chi connectivity index (χ1n) is 22.6. The summed E-state index contributed by atoms with van der Waals surface area (Å²) in [4.78, 5) is 53.8. The summed E-state index contributed by atoms with van der Waals surface area (Å²) in [6.45, 7) is 22.7. The highest BCUT2D eigenvalue weighted by Crippen LogP contribution is 2.35. The molecule has 1 unspecified atom stereocenters. The summed E-state index contributed by atoms with van der Waals surface area (Å²) in [5, 5.41) is 2.25. The van der Waals surface area contributed by atoms with E-state index in [2.05, 4.69) is 93.5 Å². The minimum Gasteiger partial charge on any atom is -0.495 e. The number of hydrogen-bond donors (Lipinski definition) is 1. The molecule has 3 aromatic carbocycles. The SMILES string of the molecule is C=C/C(=C\C=C(/C)OC1CC(OCCCCCN(CCC)CCCc2ccc3c(c2)C(=O)N(C2CCC(=O)NC2=O)C3=O)C1)c1ccc(-c2cc(C=C)ccc2C)c(C(C)C)c1. The van der Waals surface area contributed by atoms with E-state index in [9.17, 15) is 19.2 Å². The molecule has 2 fully saturated rings. The fraction of sp³-hybridized carbons (Fsp3) is 0.434. The van der Waals surface area contributed by atoms with Crippen molar-refractivity contribution in [2.45, 2.75) is 123 Å². The first-order valence-corrected chi connectivity index (χ1v) is 22.6. The number of fused-ring (bicyclic) bond motifs is 1. The molecular weight excluding hydrogens is 775 g/mol. The van der Waals surface area contributed by atoms with Crippen LogP contribution in [-0.2, 0) is 25.5 Å². The molecular formula is C53H65N3O6. The maximum atomic E-state index is 13.2. The molecule has 6 rings (SSSR count). The standard InChI is InChI=1S/C53H65N3O6/c1-8-26-55(28-14-15-39-19-22-45-48(31-39)53(60)56(52(45)59)49-24-25-50(57)54-51(49)58)27-12-11-13-29-61-42-33-43(34-42)62-37(7)17-20-40(10-3)41-21-23-44(46(32-41)35(4)5)47-30-38(9-2)18-16-36(47)6/h9-10,16-23,30-32,35,42-43,49H,2-3,8,11-15,24-29,33-34H2,1,4-7H3,(H,54,57,58)/b37-17+,40-20+. The zero-order valence-electron chi connectivity index (χ0n) is 37.5. The highest BCUT2D eigenvalue weighted by atomic mass is 16.5. The Bertz CT molecular complexity index is 2210. The lowest BCUT2D eigenvalue weighted by Crippen LogP contribution is -2.54. The third kappa shape index (κ3) is 11.4. The molecule has 0 aromatic heterocycles. The molecule has 1 atom stereocenters. The number of benzene rings is 3. The van der Waals surface area contributed by atoms with E-state index in [1.165, 1.54) is 22.3 Å². The average Bonchev–Trinajstić information content (AvgIpc) is 3.48. The minimum absolute atomic E-state index is 0.106. The predicted octanol–water partition coefficient (Wildman–Crippen LogP) is 10.4. The number of carbonyl (C=O) groups is 4. The summed E-state index contributed by atoms with van der Waals surface area (Å²) < 4.78 is 12.5. The average molecular weight is 840 g/mol. The summed E-state index contributed by atoms with van der Waals surface area (Å²) in [6.07, 6.45) is 16.5. The maximum Gasteiger partial charge on any atom is 0.262 e. The van der Waals surface area contributed by atoms with Crippen LogP contribution in [0.2, 0.25) is 0 Å². The van der Waals surface area contributed by atoms with Crippen LogP contribution in [0.4, 0.5) is 0 Å². The molecule has 62 heavy (non-hydrogen) atoms. The largest absolute Gasteiger partial charge is 0.495 e. The Morgan fingerprint density at radius 1 is 0.855 bits per heavy atom. The number of imide groups is 2. The maximum absolute atomic E-state index is 13.2. The first-order chi connectivity index (χ1) is 29.9. The van der Waals surface area contributed by atoms with Crippen LogP contribution in [0.1, 0.15) is 140 Å². The molecule has 1 saturated heterocycles. The molecule has 3 aliphatic rings. The van der Waals surface area contributed by atoms with Gasteiger partial charge in [-0.15, -0.1) is 0 Å². The normalized spacial score (nSPS) is 19.2. The summed E-state index contributed by atoms with van der Waals surface area (Å²) >= 11 is 0. The Kier molecular flexibility index (Phi) is 16.1. The molecule has 4 amide bonds. The van der Waals surface area contributed by atoms with E-state index >= 15 is 0 Å². The fourth-order valence-electron chi connectivity index (χ4n) is 8.76. The number of aryl methyl sites for hydroxylation is 2. The molecule has 1 aliphatic carbocycles. The second-order valence-corrected chi connectivity index (χ2v) is 17.4. The van der Waals surface area contributed by atoms with Gasteiger partial charge in [0.05, 0.1) is 23.0 Å². The Hall–Kier alpha value is -5.38. The van der Waals surface area contributed by atoms with Gasteiger partial charge in [-0.25, -0.2) is 0 Å². The number of piperidine rings is 1. The first kappa shape index (κ1) is 46.1. The number of carbonyl (C=O) groups excluding carboxylic acids is 4. The Morgan fingerprint density at radius 3 is 2.34 bits per heavy atom. The van der Waals surface area contributed by atoms with Gasteiger partial charge in [0.15, 0.2) is 0 Å². The van der Waals surface area contributed by atoms with Crippen LogP contribution < -0.4 is 5.32 Å². The van der Waals surface area contributed by atoms with Crippen LogP contribution >= 0.6 is 0 Å². The number of hydrogen-bond acceptors (Lipinski definition) is 7. The van der Waals surface area contributed by atoms with Crippen molar-refractivity contribution in [2.24, 2.45) is 0 Å². The van der Waals surface area contributed by atoms with Crippen LogP contribution in [0.25, 0.3) is 22.8 Å². The van der Waals surface area contributed by atoms with Crippen molar-refractivity contribution in [1.29, 1.82) is 0 Å². The number of unbranched alkanes of at least 4 members (excludes halogenated alkanes) is 2. The molecule has 2 aliphatic heterocycles. The van der Waals surface area contributed by atoms with E-state index in [1.807, 2.05) is 31.2 Å². The number of amides is 4. The van der Waals surface area contributed by atoms with Crippen molar-refractivity contribution < 1.29 is 28.7 Å². The number of allylic oxidation sites excluding steroid dienone is 5. The van der Waals surface area contributed by atoms with Crippen LogP contribution in [0.5, 0.6) is 0 Å². The van der Waals surface area contributed by atoms with E-state index < -0.39 is 23.8 Å². The zero-order valence-corrected chi connectivity index (χ0v) is 37.5. The van der Waals surface area contributed by atoms with Crippen LogP contribution in [0, 0.1) is 6.92 Å². The Labute approximate surface area is 368 Å². The highest BCUT2D eigenvalue weighted by Gasteiger charge is 2.44. The summed E-state index contributed by atoms with van der Waals surface area (Å²) in [5.74, 6) is -0.658. The van der Waals surface area contributed by atoms with Crippen molar-refractivity contribution in [3.05, 3.63) is 131 Å². The smallest absolute Gasteiger partial charge is 0.262 e. The van der Waals surface area contributed by atoms with Gasteiger partial charge in [0.25, 0.3) is 11.8 Å². The van der Waals surface area contributed by atoms with E-state index in [0.29, 0.717) is 17.0 Å². The van der Waals surface area contributed by atoms with Crippen molar-refractivity contribution in [3.8, 4) is 11.1 Å². The number of nitrogens with one attached hydrogen (secondary N) is 1. The van der Waals surface area contributed by atoms with Gasteiger partial charge in [0.1, 0.15) is 12.1 Å². The molecule has 0 bridgehead atoms. The number of rotatable bonds is 22. The summed E-state index contributed by atoms with van der Waals surface area (Å²) in [6, 6.07) is 17.7. The fourth-order valence-corrected chi connectivity index (χ4v) is 8.76. The second-order valence-electron chi connectivity index (χ2n) is 17.4. The number of ether oxygens (including phenoxy) is 2. The summed E-state index contributed by atoms with van der Waals surface area (Å²) in [7, 11) is 0. The second kappa shape index (κ2) is 21.6. The minimum atomic E-state index is -0.951. The lowest BCUT2D eigenvalue weighted by Gasteiger charge is -2.35. The molecule has 1 saturated carbocycles. The van der Waals surface area contributed by atoms with Crippen molar-refractivity contribution >= 4 is 35.3 Å². The molecule has 328 valence electrons. The van der Waals surface area contributed by atoms with E-state index in [0.717, 1.165) is 111 Å². The van der Waals surface area contributed by atoms with Crippen molar-refractivity contribution in [1.82, 2.24) is 15.1 Å². The van der Waals surface area contributed by atoms with Gasteiger partial charge in [0.2, 0.25) is 11.8 Å². The molecule has 2 heterocycles. The van der Waals surface area contributed by atoms with Gasteiger partial charge < -0.3 is 14.4 Å². The number of nitrogens with zero attached hydrogens (tertiary/aromatic N) is 2. The van der Waals surface area contributed by atoms with Crippen LogP contribution in [-0.4, -0.2) is 77.9 Å². The molecule has 9 heteroatoms. The lowest BCUT2D eigenvalue weighted by atomic mass is 9.87. The Balaban J connectivity index is 0.880. The van der Waals surface area contributed by atoms with E-state index in [-0.39, 0.29) is 31.0 Å². The van der Waals surface area contributed by atoms with E-state index in [1.54, 1.807) is 12.1 Å². The summed E-state index contributed by atoms with van der Waals surface area (Å²) in [5.41, 5.74) is 10.0.